The maximum absolute atomic E-state index is 12.8. The molecule has 5 heteroatoms. The van der Waals surface area contributed by atoms with Crippen molar-refractivity contribution >= 4 is 35.3 Å². The number of nitrogens with zero attached hydrogens (tertiary/aromatic N) is 1. The van der Waals surface area contributed by atoms with Crippen molar-refractivity contribution in [3.63, 3.8) is 0 Å². The first kappa shape index (κ1) is 16.9. The number of carbonyl (C=O) groups excluding carboxylic acids is 2. The molecule has 1 aliphatic heterocycles. The average Bonchev–Trinajstić information content (AvgIpc) is 3.43. The molecular weight excluding hydrogens is 344 g/mol. The van der Waals surface area contributed by atoms with E-state index < -0.39 is 0 Å². The van der Waals surface area contributed by atoms with Gasteiger partial charge in [0.1, 0.15) is 0 Å². The number of amides is 2. The molecular formula is C21H20N2O2S. The van der Waals surface area contributed by atoms with Gasteiger partial charge in [-0.2, -0.15) is 0 Å². The molecule has 0 atom stereocenters. The van der Waals surface area contributed by atoms with Crippen molar-refractivity contribution < 1.29 is 9.59 Å². The fourth-order valence-corrected chi connectivity index (χ4v) is 4.04. The minimum Gasteiger partial charge on any atom is -0.349 e. The smallest absolute Gasteiger partial charge is 0.264 e. The van der Waals surface area contributed by atoms with Gasteiger partial charge in [0.25, 0.3) is 11.8 Å². The minimum atomic E-state index is -0.0674. The number of hydrogen-bond acceptors (Lipinski definition) is 3. The normalized spacial score (nSPS) is 18.0. The van der Waals surface area contributed by atoms with Gasteiger partial charge in [-0.05, 0) is 49.6 Å². The van der Waals surface area contributed by atoms with Crippen molar-refractivity contribution in [2.45, 2.75) is 30.7 Å². The second-order valence-corrected chi connectivity index (χ2v) is 7.90. The molecule has 2 amide bonds. The Labute approximate surface area is 157 Å². The SMILES string of the molecule is Cc1cccc(/C=C2\Sc3ccc(C(=O)NC4CC4)cc3N(C)C2=O)c1. The molecule has 2 aromatic carbocycles. The predicted molar refractivity (Wildman–Crippen MR) is 105 cm³/mol. The standard InChI is InChI=1S/C21H20N2O2S/c1-13-4-3-5-14(10-13)11-19-21(25)23(2)17-12-15(6-9-18(17)26-19)20(24)22-16-7-8-16/h3-6,9-12,16H,7-8H2,1-2H3,(H,22,24)/b19-11-. The maximum Gasteiger partial charge on any atom is 0.264 e. The summed E-state index contributed by atoms with van der Waals surface area (Å²) in [5, 5.41) is 2.99. The molecule has 0 saturated heterocycles. The summed E-state index contributed by atoms with van der Waals surface area (Å²) in [4.78, 5) is 28.3. The van der Waals surface area contributed by atoms with Gasteiger partial charge in [0.05, 0.1) is 10.6 Å². The van der Waals surface area contributed by atoms with E-state index >= 15 is 0 Å². The maximum atomic E-state index is 12.8. The number of hydrogen-bond donors (Lipinski definition) is 1. The van der Waals surface area contributed by atoms with E-state index in [2.05, 4.69) is 11.4 Å². The first-order chi connectivity index (χ1) is 12.5. The van der Waals surface area contributed by atoms with Gasteiger partial charge in [-0.3, -0.25) is 9.59 Å². The zero-order valence-electron chi connectivity index (χ0n) is 14.8. The molecule has 2 aliphatic rings. The van der Waals surface area contributed by atoms with E-state index in [-0.39, 0.29) is 11.8 Å². The van der Waals surface area contributed by atoms with Crippen LogP contribution >= 0.6 is 11.8 Å². The third-order valence-corrected chi connectivity index (χ3v) is 5.65. The van der Waals surface area contributed by atoms with Gasteiger partial charge < -0.3 is 10.2 Å². The van der Waals surface area contributed by atoms with Crippen LogP contribution in [0.5, 0.6) is 0 Å². The summed E-state index contributed by atoms with van der Waals surface area (Å²) in [6, 6.07) is 14.0. The number of fused-ring (bicyclic) bond motifs is 1. The van der Waals surface area contributed by atoms with Crippen molar-refractivity contribution in [1.82, 2.24) is 5.32 Å². The fraction of sp³-hybridized carbons (Fsp3) is 0.238. The Bertz CT molecular complexity index is 931. The lowest BCUT2D eigenvalue weighted by molar-refractivity contribution is -0.114. The Hall–Kier alpha value is -2.53. The van der Waals surface area contributed by atoms with Crippen LogP contribution in [-0.4, -0.2) is 24.9 Å². The van der Waals surface area contributed by atoms with Gasteiger partial charge in [0.2, 0.25) is 0 Å². The summed E-state index contributed by atoms with van der Waals surface area (Å²) >= 11 is 1.45. The van der Waals surface area contributed by atoms with Gasteiger partial charge in [0.15, 0.2) is 0 Å². The van der Waals surface area contributed by atoms with Gasteiger partial charge in [-0.25, -0.2) is 0 Å². The van der Waals surface area contributed by atoms with Crippen LogP contribution in [0.1, 0.15) is 34.3 Å². The van der Waals surface area contributed by atoms with Gasteiger partial charge >= 0.3 is 0 Å². The molecule has 26 heavy (non-hydrogen) atoms. The monoisotopic (exact) mass is 364 g/mol. The first-order valence-electron chi connectivity index (χ1n) is 8.70. The lowest BCUT2D eigenvalue weighted by Crippen LogP contribution is -2.31. The second-order valence-electron chi connectivity index (χ2n) is 6.82. The highest BCUT2D eigenvalue weighted by atomic mass is 32.2. The van der Waals surface area contributed by atoms with Gasteiger partial charge in [0, 0.05) is 23.5 Å². The third-order valence-electron chi connectivity index (χ3n) is 4.57. The fourth-order valence-electron chi connectivity index (χ4n) is 2.94. The summed E-state index contributed by atoms with van der Waals surface area (Å²) in [5.74, 6) is -0.119. The van der Waals surface area contributed by atoms with Gasteiger partial charge in [-0.1, -0.05) is 41.6 Å². The van der Waals surface area contributed by atoms with Crippen molar-refractivity contribution in [3.8, 4) is 0 Å². The number of carbonyl (C=O) groups is 2. The summed E-state index contributed by atoms with van der Waals surface area (Å²) in [6.07, 6.45) is 4.03. The van der Waals surface area contributed by atoms with Gasteiger partial charge in [-0.15, -0.1) is 0 Å². The summed E-state index contributed by atoms with van der Waals surface area (Å²) in [7, 11) is 1.76. The molecule has 2 aromatic rings. The average molecular weight is 364 g/mol. The Kier molecular flexibility index (Phi) is 4.32. The molecule has 132 valence electrons. The molecule has 1 saturated carbocycles. The predicted octanol–water partition coefficient (Wildman–Crippen LogP) is 4.00. The number of nitrogens with one attached hydrogen (secondary N) is 1. The molecule has 0 spiro atoms. The van der Waals surface area contributed by atoms with Crippen LogP contribution in [0, 0.1) is 6.92 Å². The lowest BCUT2D eigenvalue weighted by Gasteiger charge is -2.27. The molecule has 0 radical (unpaired) electrons. The minimum absolute atomic E-state index is 0.0521. The van der Waals surface area contributed by atoms with Crippen LogP contribution in [0.25, 0.3) is 6.08 Å². The van der Waals surface area contributed by atoms with E-state index in [1.165, 1.54) is 11.8 Å². The summed E-state index contributed by atoms with van der Waals surface area (Å²) in [6.45, 7) is 2.04. The zero-order chi connectivity index (χ0) is 18.3. The van der Waals surface area contributed by atoms with E-state index in [4.69, 9.17) is 0 Å². The summed E-state index contributed by atoms with van der Waals surface area (Å²) in [5.41, 5.74) is 3.55. The molecule has 4 nitrogen and oxygen atoms in total. The highest BCUT2D eigenvalue weighted by Crippen LogP contribution is 2.42. The number of aryl methyl sites for hydroxylation is 1. The Morgan fingerprint density at radius 2 is 2.04 bits per heavy atom. The molecule has 0 bridgehead atoms. The number of rotatable bonds is 3. The first-order valence-corrected chi connectivity index (χ1v) is 9.52. The number of benzene rings is 2. The number of anilines is 1. The van der Waals surface area contributed by atoms with Crippen LogP contribution in [0.15, 0.2) is 52.3 Å². The van der Waals surface area contributed by atoms with E-state index in [0.717, 1.165) is 34.6 Å². The molecule has 1 heterocycles. The Morgan fingerprint density at radius 3 is 2.77 bits per heavy atom. The highest BCUT2D eigenvalue weighted by molar-refractivity contribution is 8.04. The van der Waals surface area contributed by atoms with Crippen molar-refractivity contribution in [1.29, 1.82) is 0 Å². The molecule has 1 N–H and O–H groups in total. The molecule has 4 rings (SSSR count). The van der Waals surface area contributed by atoms with Crippen molar-refractivity contribution in [2.24, 2.45) is 0 Å². The molecule has 0 unspecified atom stereocenters. The largest absolute Gasteiger partial charge is 0.349 e. The second kappa shape index (κ2) is 6.65. The van der Waals surface area contributed by atoms with Crippen molar-refractivity contribution in [2.75, 3.05) is 11.9 Å². The number of thioether (sulfide) groups is 1. The van der Waals surface area contributed by atoms with Crippen LogP contribution in [-0.2, 0) is 4.79 Å². The molecule has 1 fully saturated rings. The Morgan fingerprint density at radius 1 is 1.23 bits per heavy atom. The third kappa shape index (κ3) is 3.40. The quantitative estimate of drug-likeness (QED) is 0.838. The van der Waals surface area contributed by atoms with E-state index in [0.29, 0.717) is 16.5 Å². The summed E-state index contributed by atoms with van der Waals surface area (Å²) < 4.78 is 0. The zero-order valence-corrected chi connectivity index (χ0v) is 15.6. The van der Waals surface area contributed by atoms with E-state index in [1.54, 1.807) is 18.0 Å². The van der Waals surface area contributed by atoms with E-state index in [1.807, 2.05) is 43.3 Å². The topological polar surface area (TPSA) is 49.4 Å². The van der Waals surface area contributed by atoms with Crippen LogP contribution in [0.2, 0.25) is 0 Å². The Balaban J connectivity index is 1.63. The van der Waals surface area contributed by atoms with E-state index in [9.17, 15) is 9.59 Å². The lowest BCUT2D eigenvalue weighted by atomic mass is 10.1. The highest BCUT2D eigenvalue weighted by Gasteiger charge is 2.28. The number of likely N-dealkylation sites (N-methyl/N-ethyl adjacent to an activating group) is 1. The van der Waals surface area contributed by atoms with Crippen LogP contribution in [0.3, 0.4) is 0 Å². The van der Waals surface area contributed by atoms with Crippen LogP contribution < -0.4 is 10.2 Å². The molecule has 0 aromatic heterocycles. The van der Waals surface area contributed by atoms with Crippen molar-refractivity contribution in [3.05, 3.63) is 64.1 Å². The van der Waals surface area contributed by atoms with Crippen LogP contribution in [0.4, 0.5) is 5.69 Å². The molecule has 1 aliphatic carbocycles.